The molecule has 2 aliphatic rings. The van der Waals surface area contributed by atoms with Gasteiger partial charge in [0.2, 0.25) is 0 Å². The Kier molecular flexibility index (Phi) is 6.95. The Hall–Kier alpha value is -4.06. The van der Waals surface area contributed by atoms with E-state index in [1.54, 1.807) is 30.5 Å². The number of hydrogen-bond donors (Lipinski definition) is 5. The summed E-state index contributed by atoms with van der Waals surface area (Å²) in [6.07, 6.45) is 9.05. The van der Waals surface area contributed by atoms with Gasteiger partial charge in [0, 0.05) is 31.1 Å². The minimum absolute atomic E-state index is 0.0155. The first kappa shape index (κ1) is 22.6. The molecule has 3 rings (SSSR count). The van der Waals surface area contributed by atoms with Crippen LogP contribution in [0.4, 0.5) is 4.79 Å². The summed E-state index contributed by atoms with van der Waals surface area (Å²) < 4.78 is 0. The van der Waals surface area contributed by atoms with Crippen molar-refractivity contribution in [2.45, 2.75) is 19.4 Å². The van der Waals surface area contributed by atoms with Gasteiger partial charge in [-0.1, -0.05) is 18.2 Å². The van der Waals surface area contributed by atoms with Crippen molar-refractivity contribution in [2.75, 3.05) is 13.3 Å². The number of carbonyl (C=O) groups excluding carboxylic acids is 4. The van der Waals surface area contributed by atoms with Gasteiger partial charge in [-0.2, -0.15) is 5.06 Å². The van der Waals surface area contributed by atoms with E-state index in [4.69, 9.17) is 16.0 Å². The highest BCUT2D eigenvalue weighted by Gasteiger charge is 2.34. The molecule has 6 N–H and O–H groups in total. The van der Waals surface area contributed by atoms with E-state index in [0.29, 0.717) is 17.0 Å². The molecule has 1 fully saturated rings. The van der Waals surface area contributed by atoms with E-state index in [0.717, 1.165) is 11.1 Å². The van der Waals surface area contributed by atoms with Crippen molar-refractivity contribution in [1.29, 1.82) is 5.41 Å². The zero-order valence-corrected chi connectivity index (χ0v) is 17.1. The third kappa shape index (κ3) is 5.55. The molecular weight excluding hydrogens is 418 g/mol. The summed E-state index contributed by atoms with van der Waals surface area (Å²) in [6.45, 7) is 0.00428. The number of urea groups is 1. The van der Waals surface area contributed by atoms with E-state index in [1.807, 2.05) is 6.07 Å². The number of rotatable bonds is 8. The average molecular weight is 441 g/mol. The number of imide groups is 1. The third-order valence-electron chi connectivity index (χ3n) is 4.78. The summed E-state index contributed by atoms with van der Waals surface area (Å²) in [4.78, 5) is 56.8. The van der Waals surface area contributed by atoms with Gasteiger partial charge in [-0.05, 0) is 17.7 Å². The lowest BCUT2D eigenvalue weighted by Crippen LogP contribution is -2.44. The third-order valence-corrected chi connectivity index (χ3v) is 4.78. The first-order chi connectivity index (χ1) is 15.3. The van der Waals surface area contributed by atoms with E-state index < -0.39 is 23.3 Å². The van der Waals surface area contributed by atoms with E-state index in [2.05, 4.69) is 20.9 Å². The Bertz CT molecular complexity index is 990. The molecule has 12 nitrogen and oxygen atoms in total. The largest absolute Gasteiger partial charge is 0.370 e. The van der Waals surface area contributed by atoms with Crippen LogP contribution < -0.4 is 21.7 Å². The van der Waals surface area contributed by atoms with Gasteiger partial charge < -0.3 is 26.5 Å². The van der Waals surface area contributed by atoms with Crippen LogP contribution in [0.5, 0.6) is 0 Å². The van der Waals surface area contributed by atoms with Crippen LogP contribution in [0.15, 0.2) is 24.4 Å². The van der Waals surface area contributed by atoms with Crippen LogP contribution in [0.3, 0.4) is 0 Å². The molecule has 1 aliphatic carbocycles. The van der Waals surface area contributed by atoms with Crippen molar-refractivity contribution in [1.82, 2.24) is 26.0 Å². The Balaban J connectivity index is 1.63. The average Bonchev–Trinajstić information content (AvgIpc) is 2.98. The number of amides is 4. The standard InChI is InChI=1S/C20H23N7O5/c21-18(22)25-12-26-19(31)24-9-13-7-14-3-5-20(10-28,6-4-15(14)23-8-13)11-32-27-16(29)1-2-17(27)30/h3-8,10H,1-2,9,11-12H2,(H4,21,22,25)(H2,24,26,31). The summed E-state index contributed by atoms with van der Waals surface area (Å²) in [6, 6.07) is 1.36. The molecule has 1 aliphatic heterocycles. The second-order valence-corrected chi connectivity index (χ2v) is 7.20. The van der Waals surface area contributed by atoms with Gasteiger partial charge in [-0.15, -0.1) is 0 Å². The highest BCUT2D eigenvalue weighted by Crippen LogP contribution is 2.28. The van der Waals surface area contributed by atoms with Crippen molar-refractivity contribution in [3.8, 4) is 0 Å². The number of nitrogens with zero attached hydrogens (tertiary/aromatic N) is 2. The predicted molar refractivity (Wildman–Crippen MR) is 113 cm³/mol. The number of carbonyl (C=O) groups is 4. The van der Waals surface area contributed by atoms with Crippen LogP contribution in [-0.4, -0.2) is 53.4 Å². The van der Waals surface area contributed by atoms with Crippen LogP contribution in [0.25, 0.3) is 12.2 Å². The molecule has 0 radical (unpaired) electrons. The quantitative estimate of drug-likeness (QED) is 0.119. The number of guanidine groups is 1. The van der Waals surface area contributed by atoms with Gasteiger partial charge in [0.05, 0.1) is 24.4 Å². The number of hydrogen-bond acceptors (Lipinski definition) is 7. The number of aromatic nitrogens is 1. The fraction of sp³-hybridized carbons (Fsp3) is 0.300. The van der Waals surface area contributed by atoms with Crippen molar-refractivity contribution in [3.05, 3.63) is 41.2 Å². The fourth-order valence-electron chi connectivity index (χ4n) is 2.99. The first-order valence-corrected chi connectivity index (χ1v) is 9.74. The molecule has 0 saturated carbocycles. The first-order valence-electron chi connectivity index (χ1n) is 9.74. The molecule has 0 bridgehead atoms. The molecule has 0 aromatic carbocycles. The molecule has 168 valence electrons. The van der Waals surface area contributed by atoms with Crippen LogP contribution in [0.1, 0.15) is 29.7 Å². The van der Waals surface area contributed by atoms with Gasteiger partial charge in [-0.3, -0.25) is 24.8 Å². The molecule has 1 aromatic heterocycles. The topological polar surface area (TPSA) is 180 Å². The number of aldehydes is 1. The number of nitrogens with two attached hydrogens (primary N) is 1. The maximum atomic E-state index is 11.9. The molecule has 2 heterocycles. The summed E-state index contributed by atoms with van der Waals surface area (Å²) in [5.41, 5.74) is 6.01. The molecule has 1 unspecified atom stereocenters. The molecule has 0 spiro atoms. The highest BCUT2D eigenvalue weighted by atomic mass is 16.7. The lowest BCUT2D eigenvalue weighted by Gasteiger charge is -2.22. The monoisotopic (exact) mass is 441 g/mol. The maximum absolute atomic E-state index is 11.9. The van der Waals surface area contributed by atoms with Crippen LogP contribution in [-0.2, 0) is 25.8 Å². The summed E-state index contributed by atoms with van der Waals surface area (Å²) in [7, 11) is 0. The van der Waals surface area contributed by atoms with E-state index in [1.165, 1.54) is 0 Å². The van der Waals surface area contributed by atoms with Gasteiger partial charge in [0.25, 0.3) is 11.8 Å². The molecular formula is C20H23N7O5. The van der Waals surface area contributed by atoms with Crippen LogP contribution >= 0.6 is 0 Å². The second kappa shape index (κ2) is 9.83. The summed E-state index contributed by atoms with van der Waals surface area (Å²) in [5.74, 6) is -1.11. The Morgan fingerprint density at radius 3 is 2.62 bits per heavy atom. The Labute approximate surface area is 183 Å². The van der Waals surface area contributed by atoms with Crippen molar-refractivity contribution in [3.63, 3.8) is 0 Å². The van der Waals surface area contributed by atoms with Crippen molar-refractivity contribution >= 4 is 42.2 Å². The zero-order valence-electron chi connectivity index (χ0n) is 17.1. The van der Waals surface area contributed by atoms with E-state index >= 15 is 0 Å². The smallest absolute Gasteiger partial charge is 0.316 e. The van der Waals surface area contributed by atoms with E-state index in [-0.39, 0.29) is 38.6 Å². The number of pyridine rings is 1. The van der Waals surface area contributed by atoms with Crippen LogP contribution in [0.2, 0.25) is 0 Å². The molecule has 1 saturated heterocycles. The predicted octanol–water partition coefficient (Wildman–Crippen LogP) is -0.373. The van der Waals surface area contributed by atoms with E-state index in [9.17, 15) is 19.2 Å². The molecule has 32 heavy (non-hydrogen) atoms. The number of nitrogens with one attached hydrogen (secondary N) is 4. The minimum Gasteiger partial charge on any atom is -0.370 e. The number of fused-ring (bicyclic) bond motifs is 1. The zero-order chi connectivity index (χ0) is 23.1. The highest BCUT2D eigenvalue weighted by molar-refractivity contribution is 6.00. The summed E-state index contributed by atoms with van der Waals surface area (Å²) >= 11 is 0. The van der Waals surface area contributed by atoms with Gasteiger partial charge in [0.15, 0.2) is 5.96 Å². The SMILES string of the molecule is N=C(N)NCNC(=O)NCc1cnc2c(c1)C=CC(C=O)(CON1C(=O)CCC1=O)C=C2. The van der Waals surface area contributed by atoms with Gasteiger partial charge in [0.1, 0.15) is 6.29 Å². The number of hydroxylamine groups is 2. The molecule has 12 heteroatoms. The maximum Gasteiger partial charge on any atom is 0.316 e. The minimum atomic E-state index is -1.17. The normalized spacial score (nSPS) is 19.3. The molecule has 1 aromatic rings. The summed E-state index contributed by atoms with van der Waals surface area (Å²) in [5, 5.41) is 15.3. The fourth-order valence-corrected chi connectivity index (χ4v) is 2.99. The molecule has 4 amide bonds. The van der Waals surface area contributed by atoms with Gasteiger partial charge >= 0.3 is 6.03 Å². The second-order valence-electron chi connectivity index (χ2n) is 7.20. The van der Waals surface area contributed by atoms with Crippen molar-refractivity contribution in [2.24, 2.45) is 11.1 Å². The molecule has 1 atom stereocenters. The van der Waals surface area contributed by atoms with Crippen molar-refractivity contribution < 1.29 is 24.0 Å². The Morgan fingerprint density at radius 1 is 1.22 bits per heavy atom. The van der Waals surface area contributed by atoms with Crippen LogP contribution in [0, 0.1) is 10.8 Å². The lowest BCUT2D eigenvalue weighted by molar-refractivity contribution is -0.192. The van der Waals surface area contributed by atoms with Gasteiger partial charge in [-0.25, -0.2) is 4.79 Å². The lowest BCUT2D eigenvalue weighted by atomic mass is 9.90. The Morgan fingerprint density at radius 2 is 1.94 bits per heavy atom.